The molecule has 13 rings (SSSR count). The van der Waals surface area contributed by atoms with Crippen LogP contribution >= 0.6 is 0 Å². The summed E-state index contributed by atoms with van der Waals surface area (Å²) in [6, 6.07) is 39.4. The lowest BCUT2D eigenvalue weighted by atomic mass is 9.83. The van der Waals surface area contributed by atoms with Crippen LogP contribution in [-0.2, 0) is 66.7 Å². The SMILES string of the molecule is CCC1CCC2(CC1)OC(=O)C(=C/C=C/C=C/C1=C([O-])OC3(CCC4(CC3)OC(=O)C(/C=C/C=C/C=C3C(=O)OC5(CCC(CC)CC5)OC3=O)=C([O-])O4)OC1=O)C(=O)O2.Oc1ccc(-[n+]2ccc(-c3cc[n+](-c4ccc(O)c(-c5ccccc5)c4)cc3)cc2)cc1-c1ccccc1. The number of aromatic nitrogens is 2. The molecule has 6 aromatic rings. The summed E-state index contributed by atoms with van der Waals surface area (Å²) in [5.41, 5.74) is 6.31. The number of nitrogens with zero attached hydrogens (tertiary/aromatic N) is 2. The van der Waals surface area contributed by atoms with Gasteiger partial charge >= 0.3 is 35.8 Å². The first-order valence-corrected chi connectivity index (χ1v) is 32.9. The van der Waals surface area contributed by atoms with Crippen LogP contribution in [0.3, 0.4) is 0 Å². The number of carbonyl (C=O) groups is 6. The Bertz CT molecular complexity index is 3990. The van der Waals surface area contributed by atoms with Crippen LogP contribution in [-0.4, -0.2) is 69.2 Å². The molecule has 3 saturated carbocycles. The molecule has 2 saturated heterocycles. The molecule has 20 heteroatoms. The van der Waals surface area contributed by atoms with Crippen molar-refractivity contribution in [3.8, 4) is 56.3 Å². The summed E-state index contributed by atoms with van der Waals surface area (Å²) in [6.45, 7) is 4.18. The van der Waals surface area contributed by atoms with Gasteiger partial charge in [0.25, 0.3) is 11.6 Å². The van der Waals surface area contributed by atoms with Gasteiger partial charge in [0, 0.05) is 111 Å². The Morgan fingerprint density at radius 3 is 1.05 bits per heavy atom. The Hall–Kier alpha value is -11.3. The van der Waals surface area contributed by atoms with Crippen LogP contribution in [0.15, 0.2) is 241 Å². The number of hydrogen-bond donors (Lipinski definition) is 2. The molecule has 98 heavy (non-hydrogen) atoms. The Morgan fingerprint density at radius 2 is 0.724 bits per heavy atom. The molecule has 0 radical (unpaired) electrons. The first kappa shape index (κ1) is 66.7. The van der Waals surface area contributed by atoms with Gasteiger partial charge in [0.15, 0.2) is 36.4 Å². The summed E-state index contributed by atoms with van der Waals surface area (Å²) in [5.74, 6) is -11.3. The first-order chi connectivity index (χ1) is 47.4. The van der Waals surface area contributed by atoms with Gasteiger partial charge in [-0.15, -0.1) is 0 Å². The normalized spacial score (nSPS) is 24.8. The number of hydrogen-bond acceptors (Lipinski definition) is 18. The highest BCUT2D eigenvalue weighted by molar-refractivity contribution is 6.16. The average Bonchev–Trinajstić information content (AvgIpc) is 0.753. The molecule has 0 unspecified atom stereocenters. The van der Waals surface area contributed by atoms with Gasteiger partial charge in [-0.3, -0.25) is 0 Å². The van der Waals surface area contributed by atoms with Gasteiger partial charge in [-0.1, -0.05) is 124 Å². The second-order valence-corrected chi connectivity index (χ2v) is 25.1. The van der Waals surface area contributed by atoms with Gasteiger partial charge in [-0.25, -0.2) is 28.8 Å². The molecule has 20 nitrogen and oxygen atoms in total. The van der Waals surface area contributed by atoms with Crippen LogP contribution in [0.25, 0.3) is 44.8 Å². The van der Waals surface area contributed by atoms with E-state index in [4.69, 9.17) is 37.9 Å². The fourth-order valence-corrected chi connectivity index (χ4v) is 13.0. The Morgan fingerprint density at radius 1 is 0.398 bits per heavy atom. The molecule has 0 atom stereocenters. The maximum Gasteiger partial charge on any atom is 0.348 e. The molecule has 3 aliphatic carbocycles. The molecular weight excluding hydrogens is 1250 g/mol. The van der Waals surface area contributed by atoms with Gasteiger partial charge in [0.05, 0.1) is 23.0 Å². The Kier molecular flexibility index (Phi) is 19.5. The van der Waals surface area contributed by atoms with E-state index in [1.54, 1.807) is 12.1 Å². The van der Waals surface area contributed by atoms with Crippen LogP contribution in [0.2, 0.25) is 0 Å². The van der Waals surface area contributed by atoms with E-state index in [1.165, 1.54) is 48.6 Å². The highest BCUT2D eigenvalue weighted by Gasteiger charge is 2.51. The van der Waals surface area contributed by atoms with Gasteiger partial charge in [-0.05, 0) is 96.2 Å². The zero-order valence-electron chi connectivity index (χ0n) is 54.0. The summed E-state index contributed by atoms with van der Waals surface area (Å²) in [5, 5.41) is 46.6. The van der Waals surface area contributed by atoms with Crippen LogP contribution in [0.5, 0.6) is 11.5 Å². The number of ether oxygens (including phenoxy) is 8. The molecule has 4 aliphatic heterocycles. The molecule has 6 heterocycles. The summed E-state index contributed by atoms with van der Waals surface area (Å²) in [4.78, 5) is 76.4. The standard InChI is InChI=1S/C44H48O16.C34H24N2O2/c1-3-27-15-19-41(20-16-27)53-33(45)29(34(46)54-41)11-7-5-9-13-31-37(49)57-43(58-38(31)50)23-25-44(26-24-43)59-39(51)32(40(52)60-44)14-10-6-8-12-30-35(47)55-42(56-36(30)48)21-17-28(4-2)18-22-42;37-33-13-11-29(23-31(33)27-7-3-1-4-8-27)35-19-15-25(16-20-35)26-17-21-36(22-18-26)30-12-14-34(38)32(24-30)28-9-5-2-6-10-28/h5-14,27-28,49,51H,3-4,15-26H2,1-2H3;1-24H/b7-5+,8-6+,13-9+,14-10+,29-11?,30-12?;. The fourth-order valence-electron chi connectivity index (χ4n) is 13.0. The van der Waals surface area contributed by atoms with E-state index in [1.807, 2.05) is 119 Å². The molecule has 0 amide bonds. The first-order valence-electron chi connectivity index (χ1n) is 32.9. The summed E-state index contributed by atoms with van der Waals surface area (Å²) >= 11 is 0. The molecule has 502 valence electrons. The number of carbonyl (C=O) groups excluding carboxylic acids is 6. The van der Waals surface area contributed by atoms with Crippen molar-refractivity contribution in [2.75, 3.05) is 0 Å². The predicted molar refractivity (Wildman–Crippen MR) is 349 cm³/mol. The third-order valence-electron chi connectivity index (χ3n) is 18.9. The zero-order valence-corrected chi connectivity index (χ0v) is 54.0. The topological polar surface area (TPSA) is 271 Å². The molecule has 7 aliphatic rings. The molecule has 2 N–H and O–H groups in total. The summed E-state index contributed by atoms with van der Waals surface area (Å²) < 4.78 is 48.3. The number of allylic oxidation sites excluding steroid dienone is 8. The molecule has 2 aromatic heterocycles. The van der Waals surface area contributed by atoms with Crippen molar-refractivity contribution < 1.29 is 96.2 Å². The van der Waals surface area contributed by atoms with E-state index in [9.17, 15) is 49.2 Å². The largest absolute Gasteiger partial charge is 0.574 e. The minimum Gasteiger partial charge on any atom is -0.574 e. The lowest BCUT2D eigenvalue weighted by Crippen LogP contribution is -2.54. The number of phenols is 2. The third-order valence-corrected chi connectivity index (χ3v) is 18.9. The second kappa shape index (κ2) is 28.6. The second-order valence-electron chi connectivity index (χ2n) is 25.1. The smallest absolute Gasteiger partial charge is 0.348 e. The predicted octanol–water partition coefficient (Wildman–Crippen LogP) is 10.8. The van der Waals surface area contributed by atoms with E-state index < -0.39 is 82.0 Å². The van der Waals surface area contributed by atoms with Crippen molar-refractivity contribution in [3.05, 3.63) is 241 Å². The average molecular weight is 1330 g/mol. The minimum absolute atomic E-state index is 0.143. The van der Waals surface area contributed by atoms with Crippen LogP contribution in [0.4, 0.5) is 0 Å². The van der Waals surface area contributed by atoms with E-state index in [0.29, 0.717) is 37.5 Å². The molecule has 4 aromatic carbocycles. The number of rotatable bonds is 13. The van der Waals surface area contributed by atoms with Gasteiger partial charge < -0.3 is 58.3 Å². The number of benzene rings is 4. The maximum absolute atomic E-state index is 12.9. The highest BCUT2D eigenvalue weighted by Crippen LogP contribution is 2.47. The van der Waals surface area contributed by atoms with Crippen molar-refractivity contribution in [1.29, 1.82) is 0 Å². The van der Waals surface area contributed by atoms with Gasteiger partial charge in [0.2, 0.25) is 11.4 Å². The van der Waals surface area contributed by atoms with E-state index in [0.717, 1.165) is 95.4 Å². The van der Waals surface area contributed by atoms with E-state index >= 15 is 0 Å². The highest BCUT2D eigenvalue weighted by atomic mass is 16.8. The number of pyridine rings is 2. The molecular formula is C78H72N2O18. The van der Waals surface area contributed by atoms with E-state index in [-0.39, 0.29) is 48.3 Å². The summed E-state index contributed by atoms with van der Waals surface area (Å²) in [6.07, 6.45) is 27.4. The van der Waals surface area contributed by atoms with Crippen molar-refractivity contribution >= 4 is 35.8 Å². The zero-order chi connectivity index (χ0) is 68.6. The Balaban J connectivity index is 0.000000206. The Labute approximate surface area is 565 Å². The monoisotopic (exact) mass is 1320 g/mol. The number of esters is 6. The lowest BCUT2D eigenvalue weighted by molar-refractivity contribution is -0.596. The number of phenolic OH excluding ortho intramolecular Hbond substituents is 2. The molecule has 4 spiro atoms. The van der Waals surface area contributed by atoms with Gasteiger partial charge in [0.1, 0.15) is 22.6 Å². The van der Waals surface area contributed by atoms with Gasteiger partial charge in [-0.2, -0.15) is 9.13 Å². The van der Waals surface area contributed by atoms with Crippen LogP contribution < -0.4 is 19.3 Å². The molecule has 0 bridgehead atoms. The maximum atomic E-state index is 12.9. The quantitative estimate of drug-likeness (QED) is 0.0272. The van der Waals surface area contributed by atoms with Crippen molar-refractivity contribution in [2.45, 2.75) is 127 Å². The lowest BCUT2D eigenvalue weighted by Gasteiger charge is -2.53. The van der Waals surface area contributed by atoms with Crippen molar-refractivity contribution in [3.63, 3.8) is 0 Å². The molecule has 5 fully saturated rings. The summed E-state index contributed by atoms with van der Waals surface area (Å²) in [7, 11) is 0. The van der Waals surface area contributed by atoms with Crippen molar-refractivity contribution in [2.24, 2.45) is 11.8 Å². The fraction of sp³-hybridized carbons (Fsp3) is 0.282. The van der Waals surface area contributed by atoms with Crippen molar-refractivity contribution in [1.82, 2.24) is 0 Å². The number of aromatic hydroxyl groups is 2. The third kappa shape index (κ3) is 14.7. The van der Waals surface area contributed by atoms with E-state index in [2.05, 4.69) is 38.1 Å². The van der Waals surface area contributed by atoms with Crippen LogP contribution in [0, 0.1) is 11.8 Å². The van der Waals surface area contributed by atoms with Crippen LogP contribution in [0.1, 0.15) is 104 Å². The minimum atomic E-state index is -1.68.